The quantitative estimate of drug-likeness (QED) is 0.514. The van der Waals surface area contributed by atoms with E-state index in [-0.39, 0.29) is 34.8 Å². The maximum Gasteiger partial charge on any atom is 0.328 e. The number of benzene rings is 1. The maximum absolute atomic E-state index is 12.4. The molecule has 0 aromatic heterocycles. The molecule has 3 N–H and O–H groups in total. The van der Waals surface area contributed by atoms with Gasteiger partial charge >= 0.3 is 17.9 Å². The molecule has 0 amide bonds. The number of rotatable bonds is 8. The van der Waals surface area contributed by atoms with Gasteiger partial charge < -0.3 is 20.3 Å². The third-order valence-electron chi connectivity index (χ3n) is 5.15. The second kappa shape index (κ2) is 9.19. The van der Waals surface area contributed by atoms with Crippen molar-refractivity contribution in [2.75, 3.05) is 0 Å². The predicted molar refractivity (Wildman–Crippen MR) is 105 cm³/mol. The Labute approximate surface area is 166 Å². The summed E-state index contributed by atoms with van der Waals surface area (Å²) in [6, 6.07) is 4.18. The van der Waals surface area contributed by atoms with Crippen molar-refractivity contribution in [2.24, 2.45) is 29.4 Å². The summed E-state index contributed by atoms with van der Waals surface area (Å²) >= 11 is 0. The molecular weight excluding hydrogens is 362 g/mol. The highest BCUT2D eigenvalue weighted by molar-refractivity contribution is 5.82. The van der Waals surface area contributed by atoms with Crippen molar-refractivity contribution in [1.82, 2.24) is 0 Å². The Kier molecular flexibility index (Phi) is 7.75. The molecule has 0 aliphatic rings. The number of nitrogens with two attached hydrogens (primary N) is 1. The van der Waals surface area contributed by atoms with Crippen LogP contribution < -0.4 is 15.2 Å². The largest absolute Gasteiger partial charge is 0.480 e. The first kappa shape index (κ1) is 23.6. The van der Waals surface area contributed by atoms with Crippen molar-refractivity contribution < 1.29 is 29.0 Å². The Morgan fingerprint density at radius 3 is 1.71 bits per heavy atom. The van der Waals surface area contributed by atoms with Crippen LogP contribution >= 0.6 is 0 Å². The molecule has 0 radical (unpaired) electrons. The highest BCUT2D eigenvalue weighted by atomic mass is 16.6. The Hall–Kier alpha value is -2.41. The Bertz CT molecular complexity index is 738. The molecule has 7 heteroatoms. The normalized spacial score (nSPS) is 15.6. The fourth-order valence-corrected chi connectivity index (χ4v) is 2.07. The van der Waals surface area contributed by atoms with Crippen LogP contribution in [0.5, 0.6) is 11.5 Å². The molecule has 0 saturated carbocycles. The smallest absolute Gasteiger partial charge is 0.328 e. The van der Waals surface area contributed by atoms with Crippen molar-refractivity contribution >= 4 is 17.9 Å². The summed E-state index contributed by atoms with van der Waals surface area (Å²) in [5.74, 6) is -2.84. The van der Waals surface area contributed by atoms with Crippen LogP contribution in [-0.4, -0.2) is 23.0 Å². The summed E-state index contributed by atoms with van der Waals surface area (Å²) in [6.45, 7) is 12.4. The van der Waals surface area contributed by atoms with E-state index in [0.717, 1.165) is 0 Å². The van der Waals surface area contributed by atoms with Crippen molar-refractivity contribution in [2.45, 2.75) is 54.0 Å². The highest BCUT2D eigenvalue weighted by Gasteiger charge is 2.32. The fourth-order valence-electron chi connectivity index (χ4n) is 2.07. The molecule has 156 valence electrons. The van der Waals surface area contributed by atoms with Crippen LogP contribution in [0, 0.1) is 23.7 Å². The minimum Gasteiger partial charge on any atom is -0.480 e. The van der Waals surface area contributed by atoms with E-state index in [9.17, 15) is 19.5 Å². The third kappa shape index (κ3) is 5.55. The third-order valence-corrected chi connectivity index (χ3v) is 5.15. The number of carbonyl (C=O) groups is 3. The van der Waals surface area contributed by atoms with Gasteiger partial charge in [0.1, 0.15) is 5.54 Å². The second-order valence-electron chi connectivity index (χ2n) is 8.08. The average molecular weight is 393 g/mol. The first-order chi connectivity index (χ1) is 12.8. The van der Waals surface area contributed by atoms with E-state index >= 15 is 0 Å². The topological polar surface area (TPSA) is 116 Å². The number of aliphatic carboxylic acids is 1. The maximum atomic E-state index is 12.4. The van der Waals surface area contributed by atoms with E-state index in [2.05, 4.69) is 0 Å². The summed E-state index contributed by atoms with van der Waals surface area (Å²) in [5.41, 5.74) is 4.40. The molecule has 0 bridgehead atoms. The van der Waals surface area contributed by atoms with Gasteiger partial charge in [-0.05, 0) is 36.5 Å². The average Bonchev–Trinajstić information content (AvgIpc) is 2.60. The lowest BCUT2D eigenvalue weighted by Crippen LogP contribution is -2.41. The van der Waals surface area contributed by atoms with Crippen molar-refractivity contribution in [3.63, 3.8) is 0 Å². The molecule has 0 fully saturated rings. The van der Waals surface area contributed by atoms with Gasteiger partial charge in [-0.1, -0.05) is 47.6 Å². The minimum absolute atomic E-state index is 0.0303. The first-order valence-corrected chi connectivity index (χ1v) is 9.39. The zero-order valence-electron chi connectivity index (χ0n) is 17.6. The Morgan fingerprint density at radius 1 is 0.893 bits per heavy atom. The molecule has 0 heterocycles. The molecule has 28 heavy (non-hydrogen) atoms. The van der Waals surface area contributed by atoms with Crippen LogP contribution in [0.25, 0.3) is 0 Å². The molecule has 1 rings (SSSR count). The van der Waals surface area contributed by atoms with Gasteiger partial charge in [-0.2, -0.15) is 0 Å². The zero-order chi connectivity index (χ0) is 21.8. The van der Waals surface area contributed by atoms with Crippen molar-refractivity contribution in [1.29, 1.82) is 0 Å². The number of ether oxygens (including phenoxy) is 2. The summed E-state index contributed by atoms with van der Waals surface area (Å²) in [4.78, 5) is 36.2. The molecule has 0 saturated heterocycles. The summed E-state index contributed by atoms with van der Waals surface area (Å²) < 4.78 is 10.9. The zero-order valence-corrected chi connectivity index (χ0v) is 17.6. The van der Waals surface area contributed by atoms with E-state index in [4.69, 9.17) is 15.2 Å². The van der Waals surface area contributed by atoms with Crippen molar-refractivity contribution in [3.8, 4) is 11.5 Å². The standard InChI is InChI=1S/C21H31NO6/c1-11(2)13(5)18(23)27-16-9-8-15(21(7,22)20(25)26)10-17(16)28-19(24)14(6)12(3)4/h8-14H,22H2,1-7H3,(H,25,26)/t13?,14?,21-/m0/s1. The highest BCUT2D eigenvalue weighted by Crippen LogP contribution is 2.34. The molecule has 0 aliphatic heterocycles. The van der Waals surface area contributed by atoms with E-state index in [1.54, 1.807) is 13.8 Å². The van der Waals surface area contributed by atoms with E-state index in [1.165, 1.54) is 25.1 Å². The van der Waals surface area contributed by atoms with Crippen LogP contribution in [0.3, 0.4) is 0 Å². The van der Waals surface area contributed by atoms with Crippen molar-refractivity contribution in [3.05, 3.63) is 23.8 Å². The summed E-state index contributed by atoms with van der Waals surface area (Å²) in [7, 11) is 0. The first-order valence-electron chi connectivity index (χ1n) is 9.39. The molecule has 0 aliphatic carbocycles. The van der Waals surface area contributed by atoms with Crippen LogP contribution in [0.2, 0.25) is 0 Å². The molecule has 1 aromatic carbocycles. The summed E-state index contributed by atoms with van der Waals surface area (Å²) in [5, 5.41) is 9.36. The molecular formula is C21H31NO6. The van der Waals surface area contributed by atoms with Gasteiger partial charge in [-0.3, -0.25) is 9.59 Å². The molecule has 0 spiro atoms. The summed E-state index contributed by atoms with van der Waals surface area (Å²) in [6.07, 6.45) is 0. The lowest BCUT2D eigenvalue weighted by molar-refractivity contribution is -0.143. The lowest BCUT2D eigenvalue weighted by atomic mass is 9.93. The van der Waals surface area contributed by atoms with Crippen LogP contribution in [0.4, 0.5) is 0 Å². The number of hydrogen-bond acceptors (Lipinski definition) is 6. The Morgan fingerprint density at radius 2 is 1.32 bits per heavy atom. The number of carbonyl (C=O) groups excluding carboxylic acids is 2. The molecule has 7 nitrogen and oxygen atoms in total. The predicted octanol–water partition coefficient (Wildman–Crippen LogP) is 3.34. The number of carboxylic acids is 1. The number of hydrogen-bond donors (Lipinski definition) is 2. The monoisotopic (exact) mass is 393 g/mol. The molecule has 2 unspecified atom stereocenters. The Balaban J connectivity index is 3.33. The van der Waals surface area contributed by atoms with Gasteiger partial charge in [0.25, 0.3) is 0 Å². The van der Waals surface area contributed by atoms with Gasteiger partial charge in [0.2, 0.25) is 0 Å². The van der Waals surface area contributed by atoms with E-state index in [1.807, 2.05) is 27.7 Å². The van der Waals surface area contributed by atoms with Gasteiger partial charge in [-0.15, -0.1) is 0 Å². The van der Waals surface area contributed by atoms with E-state index in [0.29, 0.717) is 0 Å². The lowest BCUT2D eigenvalue weighted by Gasteiger charge is -2.22. The van der Waals surface area contributed by atoms with Gasteiger partial charge in [0.05, 0.1) is 11.8 Å². The van der Waals surface area contributed by atoms with Crippen LogP contribution in [0.1, 0.15) is 54.0 Å². The van der Waals surface area contributed by atoms with Gasteiger partial charge in [-0.25, -0.2) is 4.79 Å². The van der Waals surface area contributed by atoms with E-state index < -0.39 is 29.4 Å². The minimum atomic E-state index is -1.70. The van der Waals surface area contributed by atoms with Crippen LogP contribution in [0.15, 0.2) is 18.2 Å². The van der Waals surface area contributed by atoms with Gasteiger partial charge in [0, 0.05) is 0 Å². The molecule has 1 aromatic rings. The van der Waals surface area contributed by atoms with Gasteiger partial charge in [0.15, 0.2) is 11.5 Å². The fraction of sp³-hybridized carbons (Fsp3) is 0.571. The number of carboxylic acid groups (broad SMARTS) is 1. The SMILES string of the molecule is CC(C)C(C)C(=O)Oc1ccc([C@](C)(N)C(=O)O)cc1OC(=O)C(C)C(C)C. The molecule has 3 atom stereocenters. The second-order valence-corrected chi connectivity index (χ2v) is 8.08. The van der Waals surface area contributed by atoms with Crippen LogP contribution in [-0.2, 0) is 19.9 Å². The number of esters is 2.